The van der Waals surface area contributed by atoms with E-state index < -0.39 is 5.82 Å². The molecule has 3 heterocycles. The van der Waals surface area contributed by atoms with Gasteiger partial charge in [0, 0.05) is 12.1 Å². The summed E-state index contributed by atoms with van der Waals surface area (Å²) in [6.45, 7) is 4.38. The van der Waals surface area contributed by atoms with E-state index in [2.05, 4.69) is 29.4 Å². The van der Waals surface area contributed by atoms with Crippen LogP contribution in [0.3, 0.4) is 0 Å². The molecule has 182 valence electrons. The molecule has 2 atom stereocenters. The molecule has 1 saturated heterocycles. The van der Waals surface area contributed by atoms with Gasteiger partial charge in [0.25, 0.3) is 0 Å². The van der Waals surface area contributed by atoms with Crippen molar-refractivity contribution in [1.82, 2.24) is 24.1 Å². The highest BCUT2D eigenvalue weighted by Gasteiger charge is 2.30. The highest BCUT2D eigenvalue weighted by molar-refractivity contribution is 7.99. The van der Waals surface area contributed by atoms with Crippen LogP contribution in [0.4, 0.5) is 10.1 Å². The molecule has 35 heavy (non-hydrogen) atoms. The third kappa shape index (κ3) is 4.50. The minimum Gasteiger partial charge on any atom is -0.336 e. The van der Waals surface area contributed by atoms with Crippen molar-refractivity contribution in [2.24, 2.45) is 0 Å². The zero-order valence-corrected chi connectivity index (χ0v) is 20.5. The maximum absolute atomic E-state index is 13.9. The Balaban J connectivity index is 1.40. The van der Waals surface area contributed by atoms with Crippen LogP contribution in [-0.4, -0.2) is 53.7 Å². The number of nitrogens with one attached hydrogen (secondary N) is 1. The number of rotatable bonds is 6. The second-order valence-corrected chi connectivity index (χ2v) is 9.88. The normalized spacial score (nSPS) is 18.3. The van der Waals surface area contributed by atoms with Gasteiger partial charge in [0.05, 0.1) is 22.5 Å². The minimum atomic E-state index is -0.485. The monoisotopic (exact) mass is 494 g/mol. The summed E-state index contributed by atoms with van der Waals surface area (Å²) < 4.78 is 17.6. The largest absolute Gasteiger partial charge is 0.336 e. The van der Waals surface area contributed by atoms with Crippen LogP contribution in [0.15, 0.2) is 53.7 Å². The molecule has 1 N–H and O–H groups in total. The summed E-state index contributed by atoms with van der Waals surface area (Å²) >= 11 is 1.21. The molecule has 0 unspecified atom stereocenters. The lowest BCUT2D eigenvalue weighted by Crippen LogP contribution is -2.48. The number of anilines is 1. The van der Waals surface area contributed by atoms with Gasteiger partial charge in [0.15, 0.2) is 5.16 Å². The van der Waals surface area contributed by atoms with Crippen LogP contribution in [-0.2, 0) is 16.1 Å². The van der Waals surface area contributed by atoms with Crippen LogP contribution in [0.5, 0.6) is 0 Å². The first-order chi connectivity index (χ1) is 16.9. The molecule has 0 aliphatic carbocycles. The molecule has 10 heteroatoms. The van der Waals surface area contributed by atoms with E-state index in [1.165, 1.54) is 23.9 Å². The molecular formula is C25H27FN6O2S. The van der Waals surface area contributed by atoms with Crippen molar-refractivity contribution >= 4 is 46.1 Å². The highest BCUT2D eigenvalue weighted by atomic mass is 32.2. The van der Waals surface area contributed by atoms with Crippen LogP contribution in [0.25, 0.3) is 16.8 Å². The van der Waals surface area contributed by atoms with E-state index >= 15 is 0 Å². The maximum Gasteiger partial charge on any atom is 0.243 e. The predicted molar refractivity (Wildman–Crippen MR) is 134 cm³/mol. The number of benzene rings is 2. The van der Waals surface area contributed by atoms with Gasteiger partial charge in [-0.15, -0.1) is 10.2 Å². The Hall–Kier alpha value is -3.40. The number of para-hydroxylation sites is 3. The van der Waals surface area contributed by atoms with Crippen LogP contribution in [0.1, 0.15) is 33.1 Å². The fourth-order valence-electron chi connectivity index (χ4n) is 4.90. The molecule has 1 aliphatic heterocycles. The Morgan fingerprint density at radius 3 is 2.46 bits per heavy atom. The molecule has 0 saturated carbocycles. The molecule has 0 spiro atoms. The molecule has 0 bridgehead atoms. The predicted octanol–water partition coefficient (Wildman–Crippen LogP) is 4.34. The van der Waals surface area contributed by atoms with Crippen molar-refractivity contribution in [2.45, 2.75) is 56.9 Å². The summed E-state index contributed by atoms with van der Waals surface area (Å²) in [4.78, 5) is 27.8. The smallest absolute Gasteiger partial charge is 0.243 e. The summed E-state index contributed by atoms with van der Waals surface area (Å²) in [6.07, 6.45) is 3.16. The molecule has 5 rings (SSSR count). The van der Waals surface area contributed by atoms with Gasteiger partial charge in [-0.2, -0.15) is 0 Å². The number of nitrogens with zero attached hydrogens (tertiary/aromatic N) is 5. The number of thioether (sulfide) groups is 1. The van der Waals surface area contributed by atoms with Gasteiger partial charge in [-0.3, -0.25) is 18.6 Å². The van der Waals surface area contributed by atoms with E-state index in [0.29, 0.717) is 10.9 Å². The Kier molecular flexibility index (Phi) is 6.46. The fourth-order valence-corrected chi connectivity index (χ4v) is 5.64. The van der Waals surface area contributed by atoms with Gasteiger partial charge in [-0.1, -0.05) is 36.0 Å². The Bertz CT molecular complexity index is 1390. The second-order valence-electron chi connectivity index (χ2n) is 8.94. The zero-order valence-electron chi connectivity index (χ0n) is 19.6. The first-order valence-electron chi connectivity index (χ1n) is 11.7. The maximum atomic E-state index is 13.9. The van der Waals surface area contributed by atoms with Crippen LogP contribution < -0.4 is 5.32 Å². The molecule has 4 aromatic rings. The minimum absolute atomic E-state index is 0.0381. The van der Waals surface area contributed by atoms with E-state index in [4.69, 9.17) is 0 Å². The summed E-state index contributed by atoms with van der Waals surface area (Å²) in [5.74, 6) is -0.177. The van der Waals surface area contributed by atoms with E-state index in [1.54, 1.807) is 12.1 Å². The molecular weight excluding hydrogens is 467 g/mol. The number of imidazole rings is 1. The summed E-state index contributed by atoms with van der Waals surface area (Å²) in [5, 5.41) is 11.8. The van der Waals surface area contributed by atoms with Crippen molar-refractivity contribution in [3.05, 3.63) is 54.3 Å². The Morgan fingerprint density at radius 2 is 1.71 bits per heavy atom. The number of carbonyl (C=O) groups is 2. The number of halogens is 1. The first-order valence-corrected chi connectivity index (χ1v) is 12.7. The standard InChI is InChI=1S/C25H27FN6O2S/c1-16-8-7-9-17(2)31(16)23(34)14-30-20-12-5-6-13-21(20)32-24(30)28-29-25(32)35-15-22(33)27-19-11-4-3-10-18(19)26/h3-6,10-13,16-17H,7-9,14-15H2,1-2H3,(H,27,33)/t16-,17-/m1/s1. The molecule has 0 radical (unpaired) electrons. The third-order valence-electron chi connectivity index (χ3n) is 6.53. The van der Waals surface area contributed by atoms with Gasteiger partial charge in [-0.25, -0.2) is 4.39 Å². The number of amides is 2. The van der Waals surface area contributed by atoms with E-state index in [0.717, 1.165) is 30.3 Å². The number of piperidine rings is 1. The molecule has 1 fully saturated rings. The van der Waals surface area contributed by atoms with Gasteiger partial charge in [0.2, 0.25) is 17.6 Å². The lowest BCUT2D eigenvalue weighted by Gasteiger charge is -2.39. The van der Waals surface area contributed by atoms with E-state index in [9.17, 15) is 14.0 Å². The number of carbonyl (C=O) groups excluding carboxylic acids is 2. The summed E-state index contributed by atoms with van der Waals surface area (Å²) in [5.41, 5.74) is 1.87. The zero-order chi connectivity index (χ0) is 24.5. The lowest BCUT2D eigenvalue weighted by molar-refractivity contribution is -0.137. The average Bonchev–Trinajstić information content (AvgIpc) is 3.38. The lowest BCUT2D eigenvalue weighted by atomic mass is 9.97. The quantitative estimate of drug-likeness (QED) is 0.403. The van der Waals surface area contributed by atoms with Gasteiger partial charge in [0.1, 0.15) is 12.4 Å². The topological polar surface area (TPSA) is 84.5 Å². The highest BCUT2D eigenvalue weighted by Crippen LogP contribution is 2.28. The van der Waals surface area contributed by atoms with Crippen molar-refractivity contribution in [1.29, 1.82) is 0 Å². The number of likely N-dealkylation sites (tertiary alicyclic amines) is 1. The number of hydrogen-bond donors (Lipinski definition) is 1. The summed E-state index contributed by atoms with van der Waals surface area (Å²) in [6, 6.07) is 14.2. The van der Waals surface area contributed by atoms with Crippen molar-refractivity contribution in [3.63, 3.8) is 0 Å². The van der Waals surface area contributed by atoms with Crippen molar-refractivity contribution in [2.75, 3.05) is 11.1 Å². The van der Waals surface area contributed by atoms with Crippen molar-refractivity contribution < 1.29 is 14.0 Å². The van der Waals surface area contributed by atoms with Crippen LogP contribution >= 0.6 is 11.8 Å². The first kappa shape index (κ1) is 23.3. The Morgan fingerprint density at radius 1 is 1.03 bits per heavy atom. The number of aromatic nitrogens is 4. The number of hydrogen-bond acceptors (Lipinski definition) is 5. The average molecular weight is 495 g/mol. The van der Waals surface area contributed by atoms with Crippen LogP contribution in [0, 0.1) is 5.82 Å². The van der Waals surface area contributed by atoms with Gasteiger partial charge >= 0.3 is 0 Å². The van der Waals surface area contributed by atoms with E-state index in [-0.39, 0.29) is 41.9 Å². The SMILES string of the molecule is C[C@@H]1CCC[C@@H](C)N1C(=O)Cn1c2ccccc2n2c(SCC(=O)Nc3ccccc3F)nnc12. The molecule has 2 amide bonds. The third-order valence-corrected chi connectivity index (χ3v) is 7.46. The number of fused-ring (bicyclic) bond motifs is 3. The Labute approximate surface area is 206 Å². The second kappa shape index (κ2) is 9.69. The van der Waals surface area contributed by atoms with E-state index in [1.807, 2.05) is 38.1 Å². The summed E-state index contributed by atoms with van der Waals surface area (Å²) in [7, 11) is 0. The molecule has 1 aliphatic rings. The molecule has 2 aromatic heterocycles. The molecule has 2 aromatic carbocycles. The van der Waals surface area contributed by atoms with Gasteiger partial charge in [-0.05, 0) is 57.4 Å². The van der Waals surface area contributed by atoms with Crippen molar-refractivity contribution in [3.8, 4) is 0 Å². The molecule has 8 nitrogen and oxygen atoms in total. The van der Waals surface area contributed by atoms with Crippen LogP contribution in [0.2, 0.25) is 0 Å². The fraction of sp³-hybridized carbons (Fsp3) is 0.360. The van der Waals surface area contributed by atoms with Gasteiger partial charge < -0.3 is 10.2 Å².